The predicted octanol–water partition coefficient (Wildman–Crippen LogP) is 3.47. The van der Waals surface area contributed by atoms with Crippen LogP contribution >= 0.6 is 0 Å². The van der Waals surface area contributed by atoms with Crippen molar-refractivity contribution in [3.8, 4) is 0 Å². The molecule has 1 saturated carbocycles. The molecular weight excluding hydrogens is 248 g/mol. The monoisotopic (exact) mass is 282 g/mol. The van der Waals surface area contributed by atoms with E-state index in [9.17, 15) is 4.79 Å². The number of carbonyl (C=O) groups excluding carboxylic acids is 1. The van der Waals surface area contributed by atoms with Gasteiger partial charge in [0.1, 0.15) is 0 Å². The minimum atomic E-state index is -0.134. The Balaban J connectivity index is 2.47. The van der Waals surface area contributed by atoms with Gasteiger partial charge in [-0.3, -0.25) is 4.79 Å². The van der Waals surface area contributed by atoms with Gasteiger partial charge in [0.15, 0.2) is 0 Å². The standard InChI is InChI=1S/C17H34N2O/c1-13-6-8-17(12-18,9-7-13)19-15(20)10-14(2)11-16(3,4)5/h13-14H,6-12,18H2,1-5H3,(H,19,20). The zero-order valence-electron chi connectivity index (χ0n) is 14.1. The number of nitrogens with one attached hydrogen (secondary N) is 1. The molecule has 1 fully saturated rings. The van der Waals surface area contributed by atoms with E-state index in [1.165, 1.54) is 12.8 Å². The van der Waals surface area contributed by atoms with Crippen molar-refractivity contribution in [2.45, 2.75) is 78.7 Å². The Morgan fingerprint density at radius 2 is 1.90 bits per heavy atom. The minimum Gasteiger partial charge on any atom is -0.349 e. The van der Waals surface area contributed by atoms with Crippen molar-refractivity contribution < 1.29 is 4.79 Å². The van der Waals surface area contributed by atoms with Gasteiger partial charge in [-0.05, 0) is 49.4 Å². The molecule has 3 nitrogen and oxygen atoms in total. The van der Waals surface area contributed by atoms with Crippen molar-refractivity contribution in [3.05, 3.63) is 0 Å². The van der Waals surface area contributed by atoms with Crippen molar-refractivity contribution >= 4 is 5.91 Å². The van der Waals surface area contributed by atoms with Gasteiger partial charge in [-0.15, -0.1) is 0 Å². The first-order chi connectivity index (χ1) is 9.16. The lowest BCUT2D eigenvalue weighted by atomic mass is 9.77. The van der Waals surface area contributed by atoms with Gasteiger partial charge in [0.2, 0.25) is 5.91 Å². The maximum absolute atomic E-state index is 12.3. The fourth-order valence-corrected chi connectivity index (χ4v) is 3.48. The number of amides is 1. The van der Waals surface area contributed by atoms with E-state index >= 15 is 0 Å². The highest BCUT2D eigenvalue weighted by Crippen LogP contribution is 2.32. The minimum absolute atomic E-state index is 0.134. The Bertz CT molecular complexity index is 311. The van der Waals surface area contributed by atoms with Crippen LogP contribution in [0.2, 0.25) is 0 Å². The number of carbonyl (C=O) groups is 1. The fourth-order valence-electron chi connectivity index (χ4n) is 3.48. The van der Waals surface area contributed by atoms with Gasteiger partial charge >= 0.3 is 0 Å². The molecule has 1 atom stereocenters. The van der Waals surface area contributed by atoms with Crippen LogP contribution in [0.15, 0.2) is 0 Å². The average molecular weight is 282 g/mol. The highest BCUT2D eigenvalue weighted by Gasteiger charge is 2.34. The molecule has 1 unspecified atom stereocenters. The molecule has 0 bridgehead atoms. The summed E-state index contributed by atoms with van der Waals surface area (Å²) in [5, 5.41) is 3.26. The van der Waals surface area contributed by atoms with E-state index in [1.807, 2.05) is 0 Å². The molecule has 1 aliphatic carbocycles. The SMILES string of the molecule is CC1CCC(CN)(NC(=O)CC(C)CC(C)(C)C)CC1. The topological polar surface area (TPSA) is 55.1 Å². The van der Waals surface area contributed by atoms with Gasteiger partial charge in [0.25, 0.3) is 0 Å². The van der Waals surface area contributed by atoms with Gasteiger partial charge in [-0.25, -0.2) is 0 Å². The third-order valence-electron chi connectivity index (χ3n) is 4.52. The van der Waals surface area contributed by atoms with Crippen LogP contribution in [0.1, 0.15) is 73.1 Å². The zero-order chi connectivity index (χ0) is 15.4. The number of hydrogen-bond donors (Lipinski definition) is 2. The molecule has 0 heterocycles. The van der Waals surface area contributed by atoms with E-state index in [0.29, 0.717) is 18.9 Å². The normalized spacial score (nSPS) is 29.0. The van der Waals surface area contributed by atoms with E-state index in [-0.39, 0.29) is 16.9 Å². The Morgan fingerprint density at radius 1 is 1.35 bits per heavy atom. The molecule has 20 heavy (non-hydrogen) atoms. The molecule has 0 spiro atoms. The van der Waals surface area contributed by atoms with Crippen LogP contribution in [0.3, 0.4) is 0 Å². The Labute approximate surface area is 125 Å². The van der Waals surface area contributed by atoms with Gasteiger partial charge in [0.05, 0.1) is 5.54 Å². The first-order valence-electron chi connectivity index (χ1n) is 8.17. The van der Waals surface area contributed by atoms with Gasteiger partial charge < -0.3 is 11.1 Å². The lowest BCUT2D eigenvalue weighted by Gasteiger charge is -2.39. The molecule has 0 aromatic rings. The lowest BCUT2D eigenvalue weighted by Crippen LogP contribution is -2.55. The van der Waals surface area contributed by atoms with Crippen LogP contribution < -0.4 is 11.1 Å². The van der Waals surface area contributed by atoms with E-state index in [4.69, 9.17) is 5.73 Å². The van der Waals surface area contributed by atoms with Crippen LogP contribution in [0.4, 0.5) is 0 Å². The molecule has 0 aromatic carbocycles. The van der Waals surface area contributed by atoms with Crippen molar-refractivity contribution in [2.24, 2.45) is 23.0 Å². The molecule has 1 aliphatic rings. The smallest absolute Gasteiger partial charge is 0.220 e. The van der Waals surface area contributed by atoms with Crippen LogP contribution in [0, 0.1) is 17.3 Å². The number of rotatable bonds is 5. The van der Waals surface area contributed by atoms with Crippen LogP contribution in [0.5, 0.6) is 0 Å². The van der Waals surface area contributed by atoms with E-state index in [1.54, 1.807) is 0 Å². The largest absolute Gasteiger partial charge is 0.349 e. The first kappa shape index (κ1) is 17.5. The summed E-state index contributed by atoms with van der Waals surface area (Å²) in [5.41, 5.74) is 6.10. The highest BCUT2D eigenvalue weighted by atomic mass is 16.1. The van der Waals surface area contributed by atoms with Gasteiger partial charge in [-0.1, -0.05) is 34.6 Å². The second-order valence-electron chi connectivity index (χ2n) is 8.29. The molecule has 0 aromatic heterocycles. The van der Waals surface area contributed by atoms with Crippen LogP contribution in [-0.4, -0.2) is 18.0 Å². The summed E-state index contributed by atoms with van der Waals surface area (Å²) in [4.78, 5) is 12.3. The predicted molar refractivity (Wildman–Crippen MR) is 85.4 cm³/mol. The average Bonchev–Trinajstić information content (AvgIpc) is 2.29. The van der Waals surface area contributed by atoms with E-state index < -0.39 is 0 Å². The second kappa shape index (κ2) is 6.93. The van der Waals surface area contributed by atoms with Crippen molar-refractivity contribution in [2.75, 3.05) is 6.54 Å². The quantitative estimate of drug-likeness (QED) is 0.811. The summed E-state index contributed by atoms with van der Waals surface area (Å²) in [6.45, 7) is 11.7. The zero-order valence-corrected chi connectivity index (χ0v) is 14.1. The van der Waals surface area contributed by atoms with Gasteiger partial charge in [0, 0.05) is 13.0 Å². The summed E-state index contributed by atoms with van der Waals surface area (Å²) in [6.07, 6.45) is 6.11. The van der Waals surface area contributed by atoms with E-state index in [2.05, 4.69) is 39.9 Å². The first-order valence-corrected chi connectivity index (χ1v) is 8.17. The molecular formula is C17H34N2O. The molecule has 0 aliphatic heterocycles. The molecule has 0 saturated heterocycles. The Morgan fingerprint density at radius 3 is 2.35 bits per heavy atom. The number of nitrogens with two attached hydrogens (primary N) is 1. The van der Waals surface area contributed by atoms with E-state index in [0.717, 1.165) is 25.2 Å². The summed E-state index contributed by atoms with van der Waals surface area (Å²) >= 11 is 0. The Kier molecular flexibility index (Phi) is 6.06. The van der Waals surface area contributed by atoms with Gasteiger partial charge in [-0.2, -0.15) is 0 Å². The van der Waals surface area contributed by atoms with Crippen molar-refractivity contribution in [1.82, 2.24) is 5.32 Å². The third-order valence-corrected chi connectivity index (χ3v) is 4.52. The lowest BCUT2D eigenvalue weighted by molar-refractivity contribution is -0.124. The summed E-state index contributed by atoms with van der Waals surface area (Å²) in [5.74, 6) is 1.38. The molecule has 0 radical (unpaired) electrons. The molecule has 3 N–H and O–H groups in total. The molecule has 3 heteroatoms. The Hall–Kier alpha value is -0.570. The van der Waals surface area contributed by atoms with Crippen LogP contribution in [0.25, 0.3) is 0 Å². The summed E-state index contributed by atoms with van der Waals surface area (Å²) < 4.78 is 0. The van der Waals surface area contributed by atoms with Crippen LogP contribution in [-0.2, 0) is 4.79 Å². The maximum atomic E-state index is 12.3. The fraction of sp³-hybridized carbons (Fsp3) is 0.941. The molecule has 1 amide bonds. The summed E-state index contributed by atoms with van der Waals surface area (Å²) in [7, 11) is 0. The maximum Gasteiger partial charge on any atom is 0.220 e. The molecule has 1 rings (SSSR count). The highest BCUT2D eigenvalue weighted by molar-refractivity contribution is 5.77. The summed E-state index contributed by atoms with van der Waals surface area (Å²) in [6, 6.07) is 0. The number of hydrogen-bond acceptors (Lipinski definition) is 2. The third kappa shape index (κ3) is 5.82. The molecule has 118 valence electrons. The van der Waals surface area contributed by atoms with Crippen molar-refractivity contribution in [1.29, 1.82) is 0 Å². The van der Waals surface area contributed by atoms with Crippen molar-refractivity contribution in [3.63, 3.8) is 0 Å². The second-order valence-corrected chi connectivity index (χ2v) is 8.29.